The van der Waals surface area contributed by atoms with Crippen LogP contribution in [-0.4, -0.2) is 29.8 Å². The number of alkyl halides is 6. The summed E-state index contributed by atoms with van der Waals surface area (Å²) in [5.74, 6) is -3.39. The van der Waals surface area contributed by atoms with E-state index in [1.165, 1.54) is 36.4 Å². The normalized spacial score (nSPS) is 14.7. The Morgan fingerprint density at radius 3 is 1.86 bits per heavy atom. The van der Waals surface area contributed by atoms with Crippen LogP contribution in [0.3, 0.4) is 0 Å². The van der Waals surface area contributed by atoms with Crippen molar-refractivity contribution in [3.8, 4) is 0 Å². The van der Waals surface area contributed by atoms with Crippen LogP contribution < -0.4 is 5.32 Å². The van der Waals surface area contributed by atoms with E-state index in [1.54, 1.807) is 6.07 Å². The quantitative estimate of drug-likeness (QED) is 0.310. The molecule has 0 bridgehead atoms. The van der Waals surface area contributed by atoms with E-state index in [9.17, 15) is 45.0 Å². The lowest BCUT2D eigenvalue weighted by atomic mass is 9.69. The molecule has 0 spiro atoms. The van der Waals surface area contributed by atoms with Gasteiger partial charge in [-0.3, -0.25) is 4.79 Å². The van der Waals surface area contributed by atoms with E-state index in [2.05, 4.69) is 5.32 Å². The Morgan fingerprint density at radius 1 is 0.750 bits per heavy atom. The second kappa shape index (κ2) is 10.3. The lowest BCUT2D eigenvalue weighted by Gasteiger charge is -2.37. The van der Waals surface area contributed by atoms with Crippen molar-refractivity contribution in [2.24, 2.45) is 0 Å². The SMILES string of the molecule is O=C(NCC(c1ccccc1)(c1ccc(F)cc1)c1cc(F)cc(C(F)(F)F)c1)[C@@H](O)CC(F)(F)F. The first kappa shape index (κ1) is 27.1. The molecule has 192 valence electrons. The first-order valence-corrected chi connectivity index (χ1v) is 10.4. The summed E-state index contributed by atoms with van der Waals surface area (Å²) >= 11 is 0. The summed E-state index contributed by atoms with van der Waals surface area (Å²) in [5, 5.41) is 11.9. The molecular formula is C25H19F8NO2. The molecule has 0 saturated heterocycles. The van der Waals surface area contributed by atoms with E-state index < -0.39 is 59.9 Å². The highest BCUT2D eigenvalue weighted by molar-refractivity contribution is 5.81. The second-order valence-corrected chi connectivity index (χ2v) is 8.06. The minimum atomic E-state index is -4.95. The fourth-order valence-corrected chi connectivity index (χ4v) is 3.91. The van der Waals surface area contributed by atoms with Gasteiger partial charge < -0.3 is 10.4 Å². The molecule has 0 aliphatic rings. The molecule has 0 aromatic heterocycles. The number of rotatable bonds is 7. The molecule has 3 aromatic carbocycles. The first-order valence-electron chi connectivity index (χ1n) is 10.4. The number of nitrogens with one attached hydrogen (secondary N) is 1. The summed E-state index contributed by atoms with van der Waals surface area (Å²) in [4.78, 5) is 12.3. The third-order valence-electron chi connectivity index (χ3n) is 5.58. The summed E-state index contributed by atoms with van der Waals surface area (Å²) in [6.07, 6.45) is -14.2. The van der Waals surface area contributed by atoms with Crippen LogP contribution >= 0.6 is 0 Å². The molecule has 3 nitrogen and oxygen atoms in total. The van der Waals surface area contributed by atoms with Crippen LogP contribution in [0.2, 0.25) is 0 Å². The average molecular weight is 517 g/mol. The van der Waals surface area contributed by atoms with Crippen LogP contribution in [0.5, 0.6) is 0 Å². The standard InChI is InChI=1S/C25H19F8NO2/c26-19-8-6-16(7-9-19)23(15-4-2-1-3-5-15,14-34-22(36)21(35)13-24(28,29)30)17-10-18(25(31,32)33)12-20(27)11-17/h1-12,21,35H,13-14H2,(H,34,36)/t21-,23?/m0/s1. The molecule has 11 heteroatoms. The van der Waals surface area contributed by atoms with Crippen molar-refractivity contribution in [2.75, 3.05) is 6.54 Å². The van der Waals surface area contributed by atoms with Gasteiger partial charge in [0.05, 0.1) is 17.4 Å². The van der Waals surface area contributed by atoms with Gasteiger partial charge >= 0.3 is 12.4 Å². The van der Waals surface area contributed by atoms with Gasteiger partial charge in [-0.2, -0.15) is 26.3 Å². The summed E-state index contributed by atoms with van der Waals surface area (Å²) in [6.45, 7) is -0.683. The number of halogens is 8. The summed E-state index contributed by atoms with van der Waals surface area (Å²) < 4.78 is 107. The number of aliphatic hydroxyl groups excluding tert-OH is 1. The Labute approximate surface area is 200 Å². The molecule has 0 heterocycles. The fraction of sp³-hybridized carbons (Fsp3) is 0.240. The van der Waals surface area contributed by atoms with Gasteiger partial charge in [0.25, 0.3) is 0 Å². The maximum Gasteiger partial charge on any atom is 0.416 e. The van der Waals surface area contributed by atoms with Crippen molar-refractivity contribution in [3.05, 3.63) is 107 Å². The Kier molecular flexibility index (Phi) is 7.73. The minimum absolute atomic E-state index is 0.111. The smallest absolute Gasteiger partial charge is 0.383 e. The van der Waals surface area contributed by atoms with Crippen LogP contribution in [-0.2, 0) is 16.4 Å². The van der Waals surface area contributed by atoms with Gasteiger partial charge in [0.2, 0.25) is 5.91 Å². The topological polar surface area (TPSA) is 49.3 Å². The van der Waals surface area contributed by atoms with E-state index in [0.717, 1.165) is 18.2 Å². The Balaban J connectivity index is 2.23. The van der Waals surface area contributed by atoms with E-state index in [1.807, 2.05) is 0 Å². The van der Waals surface area contributed by atoms with E-state index in [0.29, 0.717) is 6.07 Å². The Morgan fingerprint density at radius 2 is 1.31 bits per heavy atom. The van der Waals surface area contributed by atoms with Crippen molar-refractivity contribution in [1.82, 2.24) is 5.32 Å². The number of carbonyl (C=O) groups is 1. The Bertz CT molecular complexity index is 1190. The predicted octanol–water partition coefficient (Wildman–Crippen LogP) is 5.75. The number of benzene rings is 3. The lowest BCUT2D eigenvalue weighted by molar-refractivity contribution is -0.163. The first-order chi connectivity index (χ1) is 16.7. The van der Waals surface area contributed by atoms with Crippen LogP contribution in [0.15, 0.2) is 72.8 Å². The number of hydrogen-bond acceptors (Lipinski definition) is 2. The van der Waals surface area contributed by atoms with Gasteiger partial charge in [0.15, 0.2) is 0 Å². The van der Waals surface area contributed by atoms with Crippen molar-refractivity contribution >= 4 is 5.91 Å². The molecule has 1 amide bonds. The molecule has 2 N–H and O–H groups in total. The van der Waals surface area contributed by atoms with Gasteiger partial charge in [-0.25, -0.2) is 8.78 Å². The van der Waals surface area contributed by atoms with Gasteiger partial charge in [0, 0.05) is 6.54 Å². The molecule has 3 aromatic rings. The zero-order chi connectivity index (χ0) is 26.7. The van der Waals surface area contributed by atoms with Crippen molar-refractivity contribution in [3.63, 3.8) is 0 Å². The molecule has 36 heavy (non-hydrogen) atoms. The van der Waals surface area contributed by atoms with Crippen LogP contribution in [0.4, 0.5) is 35.1 Å². The predicted molar refractivity (Wildman–Crippen MR) is 114 cm³/mol. The van der Waals surface area contributed by atoms with Gasteiger partial charge in [-0.15, -0.1) is 0 Å². The highest BCUT2D eigenvalue weighted by atomic mass is 19.4. The fourth-order valence-electron chi connectivity index (χ4n) is 3.91. The summed E-state index contributed by atoms with van der Waals surface area (Å²) in [5.41, 5.74) is -3.13. The maximum atomic E-state index is 14.5. The molecule has 0 saturated carbocycles. The van der Waals surface area contributed by atoms with E-state index in [4.69, 9.17) is 0 Å². The maximum absolute atomic E-state index is 14.5. The van der Waals surface area contributed by atoms with Crippen LogP contribution in [0, 0.1) is 11.6 Å². The van der Waals surface area contributed by atoms with Gasteiger partial charge in [-0.05, 0) is 47.0 Å². The number of hydrogen-bond donors (Lipinski definition) is 2. The molecule has 0 aliphatic carbocycles. The van der Waals surface area contributed by atoms with Gasteiger partial charge in [-0.1, -0.05) is 42.5 Å². The third-order valence-corrected chi connectivity index (χ3v) is 5.58. The zero-order valence-corrected chi connectivity index (χ0v) is 18.3. The largest absolute Gasteiger partial charge is 0.416 e. The molecule has 0 fully saturated rings. The highest BCUT2D eigenvalue weighted by Crippen LogP contribution is 2.42. The zero-order valence-electron chi connectivity index (χ0n) is 18.3. The van der Waals surface area contributed by atoms with E-state index >= 15 is 0 Å². The van der Waals surface area contributed by atoms with Crippen molar-refractivity contribution in [1.29, 1.82) is 0 Å². The molecule has 2 atom stereocenters. The third kappa shape index (κ3) is 6.20. The van der Waals surface area contributed by atoms with Crippen molar-refractivity contribution < 1.29 is 45.0 Å². The molecular weight excluding hydrogens is 498 g/mol. The number of carbonyl (C=O) groups excluding carboxylic acids is 1. The van der Waals surface area contributed by atoms with Crippen LogP contribution in [0.25, 0.3) is 0 Å². The van der Waals surface area contributed by atoms with Crippen molar-refractivity contribution in [2.45, 2.75) is 30.3 Å². The Hall–Kier alpha value is -3.47. The second-order valence-electron chi connectivity index (χ2n) is 8.06. The highest BCUT2D eigenvalue weighted by Gasteiger charge is 2.41. The number of aliphatic hydroxyl groups is 1. The molecule has 0 radical (unpaired) electrons. The summed E-state index contributed by atoms with van der Waals surface area (Å²) in [6, 6.07) is 13.6. The average Bonchev–Trinajstić information content (AvgIpc) is 2.79. The monoisotopic (exact) mass is 517 g/mol. The number of amides is 1. The van der Waals surface area contributed by atoms with Crippen LogP contribution in [0.1, 0.15) is 28.7 Å². The lowest BCUT2D eigenvalue weighted by Crippen LogP contribution is -2.46. The molecule has 1 unspecified atom stereocenters. The minimum Gasteiger partial charge on any atom is -0.383 e. The van der Waals surface area contributed by atoms with E-state index in [-0.39, 0.29) is 22.8 Å². The summed E-state index contributed by atoms with van der Waals surface area (Å²) in [7, 11) is 0. The molecule has 0 aliphatic heterocycles. The van der Waals surface area contributed by atoms with Gasteiger partial charge in [0.1, 0.15) is 17.7 Å². The molecule has 3 rings (SSSR count).